The van der Waals surface area contributed by atoms with E-state index in [-0.39, 0.29) is 0 Å². The molecule has 0 unspecified atom stereocenters. The maximum Gasteiger partial charge on any atom is 0.260 e. The molecule has 0 spiro atoms. The van der Waals surface area contributed by atoms with Crippen LogP contribution < -0.4 is 0 Å². The van der Waals surface area contributed by atoms with Gasteiger partial charge in [0.2, 0.25) is 16.6 Å². The highest BCUT2D eigenvalue weighted by molar-refractivity contribution is 6.71. The summed E-state index contributed by atoms with van der Waals surface area (Å²) < 4.78 is 14.2. The van der Waals surface area contributed by atoms with E-state index in [2.05, 4.69) is 147 Å². The molecule has 0 aromatic heterocycles. The van der Waals surface area contributed by atoms with Gasteiger partial charge in [0.05, 0.1) is 5.57 Å². The Labute approximate surface area is 263 Å². The molecule has 42 heavy (non-hydrogen) atoms. The molecular formula is C38H64O2Si2. The summed E-state index contributed by atoms with van der Waals surface area (Å²) in [6, 6.07) is 9.90. The van der Waals surface area contributed by atoms with Gasteiger partial charge in [-0.15, -0.1) is 0 Å². The summed E-state index contributed by atoms with van der Waals surface area (Å²) in [6.45, 7) is 41.7. The lowest BCUT2D eigenvalue weighted by Gasteiger charge is -2.34. The Morgan fingerprint density at radius 3 is 0.833 bits per heavy atom. The Bertz CT molecular complexity index is 1100. The monoisotopic (exact) mass is 608 g/mol. The Hall–Kier alpha value is -1.79. The SMILES string of the molecule is CC(C)c1cc(C(C)C)c(C(=C(O[Si](C)(C)C)O[Si](C)(C)C)c2c(C(C)C)cc(C(C)C)cc2C(C)C)c(C(C)C)c1. The third kappa shape index (κ3) is 9.11. The lowest BCUT2D eigenvalue weighted by molar-refractivity contribution is 0.219. The predicted molar refractivity (Wildman–Crippen MR) is 192 cm³/mol. The first-order valence-electron chi connectivity index (χ1n) is 16.5. The molecule has 0 saturated heterocycles. The third-order valence-corrected chi connectivity index (χ3v) is 9.36. The quantitative estimate of drug-likeness (QED) is 0.176. The minimum atomic E-state index is -2.05. The van der Waals surface area contributed by atoms with Gasteiger partial charge in [0.1, 0.15) is 0 Å². The summed E-state index contributed by atoms with van der Waals surface area (Å²) >= 11 is 0. The molecule has 0 atom stereocenters. The van der Waals surface area contributed by atoms with E-state index < -0.39 is 16.6 Å². The fourth-order valence-corrected chi connectivity index (χ4v) is 6.98. The first kappa shape index (κ1) is 36.4. The zero-order valence-corrected chi connectivity index (χ0v) is 32.6. The van der Waals surface area contributed by atoms with Gasteiger partial charge in [-0.3, -0.25) is 0 Å². The Morgan fingerprint density at radius 1 is 0.429 bits per heavy atom. The Kier molecular flexibility index (Phi) is 12.0. The van der Waals surface area contributed by atoms with Crippen LogP contribution in [0.25, 0.3) is 5.57 Å². The zero-order chi connectivity index (χ0) is 32.5. The van der Waals surface area contributed by atoms with Crippen LogP contribution in [0.4, 0.5) is 0 Å². The van der Waals surface area contributed by atoms with E-state index in [0.717, 1.165) is 5.95 Å². The highest BCUT2D eigenvalue weighted by atomic mass is 28.4. The summed E-state index contributed by atoms with van der Waals surface area (Å²) in [5.41, 5.74) is 12.3. The topological polar surface area (TPSA) is 18.5 Å². The second-order valence-corrected chi connectivity index (χ2v) is 25.0. The van der Waals surface area contributed by atoms with Crippen LogP contribution in [0.5, 0.6) is 0 Å². The first-order valence-corrected chi connectivity index (χ1v) is 23.4. The van der Waals surface area contributed by atoms with Crippen LogP contribution in [0.15, 0.2) is 30.2 Å². The molecule has 0 N–H and O–H groups in total. The van der Waals surface area contributed by atoms with Crippen molar-refractivity contribution in [1.82, 2.24) is 0 Å². The van der Waals surface area contributed by atoms with Crippen LogP contribution in [0.1, 0.15) is 163 Å². The predicted octanol–water partition coefficient (Wildman–Crippen LogP) is 12.8. The molecule has 2 aromatic carbocycles. The van der Waals surface area contributed by atoms with E-state index >= 15 is 0 Å². The molecule has 0 heterocycles. The second kappa shape index (κ2) is 13.9. The molecule has 2 rings (SSSR count). The van der Waals surface area contributed by atoms with E-state index in [4.69, 9.17) is 8.85 Å². The molecule has 2 aromatic rings. The van der Waals surface area contributed by atoms with Gasteiger partial charge in [0.25, 0.3) is 5.95 Å². The zero-order valence-electron chi connectivity index (χ0n) is 30.6. The third-order valence-electron chi connectivity index (χ3n) is 7.77. The lowest BCUT2D eigenvalue weighted by atomic mass is 9.75. The second-order valence-electron chi connectivity index (χ2n) is 16.2. The van der Waals surface area contributed by atoms with Crippen molar-refractivity contribution in [3.05, 3.63) is 74.7 Å². The molecule has 0 aliphatic heterocycles. The molecule has 0 amide bonds. The van der Waals surface area contributed by atoms with Crippen LogP contribution in [0.2, 0.25) is 39.3 Å². The van der Waals surface area contributed by atoms with Crippen molar-refractivity contribution in [2.24, 2.45) is 0 Å². The smallest absolute Gasteiger partial charge is 0.260 e. The molecule has 0 bridgehead atoms. The van der Waals surface area contributed by atoms with E-state index in [9.17, 15) is 0 Å². The molecule has 0 radical (unpaired) electrons. The van der Waals surface area contributed by atoms with Crippen molar-refractivity contribution < 1.29 is 8.85 Å². The number of hydrogen-bond donors (Lipinski definition) is 0. The lowest BCUT2D eigenvalue weighted by Crippen LogP contribution is -2.33. The molecule has 2 nitrogen and oxygen atoms in total. The van der Waals surface area contributed by atoms with Crippen molar-refractivity contribution in [1.29, 1.82) is 0 Å². The summed E-state index contributed by atoms with van der Waals surface area (Å²) in [5, 5.41) is 0. The van der Waals surface area contributed by atoms with Crippen molar-refractivity contribution in [3.63, 3.8) is 0 Å². The largest absolute Gasteiger partial charge is 0.520 e. The van der Waals surface area contributed by atoms with E-state index in [1.807, 2.05) is 0 Å². The summed E-state index contributed by atoms with van der Waals surface area (Å²) in [5.74, 6) is 3.09. The molecule has 0 aliphatic rings. The highest BCUT2D eigenvalue weighted by Gasteiger charge is 2.34. The summed E-state index contributed by atoms with van der Waals surface area (Å²) in [7, 11) is -4.09. The maximum absolute atomic E-state index is 7.11. The van der Waals surface area contributed by atoms with Crippen LogP contribution in [-0.4, -0.2) is 16.6 Å². The first-order chi connectivity index (χ1) is 19.1. The van der Waals surface area contributed by atoms with Gasteiger partial charge in [-0.2, -0.15) is 0 Å². The number of benzene rings is 2. The fourth-order valence-electron chi connectivity index (χ4n) is 5.50. The van der Waals surface area contributed by atoms with Gasteiger partial charge in [0, 0.05) is 0 Å². The number of rotatable bonds is 12. The minimum absolute atomic E-state index is 0.353. The number of hydrogen-bond acceptors (Lipinski definition) is 2. The average Bonchev–Trinajstić information content (AvgIpc) is 2.81. The van der Waals surface area contributed by atoms with Gasteiger partial charge < -0.3 is 8.85 Å². The van der Waals surface area contributed by atoms with Crippen LogP contribution >= 0.6 is 0 Å². The van der Waals surface area contributed by atoms with E-state index in [1.165, 1.54) is 50.1 Å². The summed E-state index contributed by atoms with van der Waals surface area (Å²) in [4.78, 5) is 0. The van der Waals surface area contributed by atoms with Crippen molar-refractivity contribution in [2.45, 2.75) is 158 Å². The minimum Gasteiger partial charge on any atom is -0.520 e. The Balaban J connectivity index is 3.46. The summed E-state index contributed by atoms with van der Waals surface area (Å²) in [6.07, 6.45) is 0. The maximum atomic E-state index is 7.11. The van der Waals surface area contributed by atoms with Crippen LogP contribution in [0, 0.1) is 0 Å². The van der Waals surface area contributed by atoms with Gasteiger partial charge in [-0.1, -0.05) is 107 Å². The molecule has 0 fully saturated rings. The van der Waals surface area contributed by atoms with Crippen LogP contribution in [-0.2, 0) is 8.85 Å². The normalized spacial score (nSPS) is 12.9. The van der Waals surface area contributed by atoms with Gasteiger partial charge >= 0.3 is 0 Å². The van der Waals surface area contributed by atoms with Gasteiger partial charge in [0.15, 0.2) is 0 Å². The van der Waals surface area contributed by atoms with E-state index in [0.29, 0.717) is 35.5 Å². The Morgan fingerprint density at radius 2 is 0.667 bits per heavy atom. The van der Waals surface area contributed by atoms with Crippen molar-refractivity contribution in [2.75, 3.05) is 0 Å². The average molecular weight is 609 g/mol. The van der Waals surface area contributed by atoms with Crippen LogP contribution in [0.3, 0.4) is 0 Å². The fraction of sp³-hybridized carbons (Fsp3) is 0.632. The molecule has 4 heteroatoms. The highest BCUT2D eigenvalue weighted by Crippen LogP contribution is 2.46. The molecule has 0 saturated carbocycles. The molecular weight excluding hydrogens is 545 g/mol. The van der Waals surface area contributed by atoms with Crippen molar-refractivity contribution >= 4 is 22.2 Å². The molecule has 236 valence electrons. The van der Waals surface area contributed by atoms with Crippen molar-refractivity contribution in [3.8, 4) is 0 Å². The van der Waals surface area contributed by atoms with E-state index in [1.54, 1.807) is 0 Å². The molecule has 0 aliphatic carbocycles. The van der Waals surface area contributed by atoms with Gasteiger partial charge in [-0.05, 0) is 119 Å². The standard InChI is InChI=1S/C38H64O2Si2/c1-23(2)29-19-31(25(5)6)35(32(20-29)26(7)8)37(38(39-41(13,14)15)40-42(16,17)18)36-33(27(9)10)21-30(24(3)4)22-34(36)28(11)12/h19-28H,1-18H3. The van der Waals surface area contributed by atoms with Gasteiger partial charge in [-0.25, -0.2) is 0 Å².